The molecule has 4 rings (SSSR count). The van der Waals surface area contributed by atoms with E-state index < -0.39 is 6.10 Å². The van der Waals surface area contributed by atoms with Gasteiger partial charge in [0.2, 0.25) is 0 Å². The molecule has 6 nitrogen and oxygen atoms in total. The van der Waals surface area contributed by atoms with Gasteiger partial charge in [-0.2, -0.15) is 5.10 Å². The van der Waals surface area contributed by atoms with Crippen LogP contribution in [0.15, 0.2) is 67.0 Å². The van der Waals surface area contributed by atoms with Crippen molar-refractivity contribution in [2.75, 3.05) is 19.7 Å². The van der Waals surface area contributed by atoms with Gasteiger partial charge < -0.3 is 14.6 Å². The molecule has 3 aromatic rings. The van der Waals surface area contributed by atoms with E-state index in [1.165, 1.54) is 5.56 Å². The van der Waals surface area contributed by atoms with Crippen molar-refractivity contribution in [1.29, 1.82) is 0 Å². The lowest BCUT2D eigenvalue weighted by Crippen LogP contribution is -2.29. The first-order valence-corrected chi connectivity index (χ1v) is 10.1. The highest BCUT2D eigenvalue weighted by molar-refractivity contribution is 6.30. The summed E-state index contributed by atoms with van der Waals surface area (Å²) in [5.41, 5.74) is 1.17. The Labute approximate surface area is 175 Å². The molecule has 1 N–H and O–H groups in total. The molecule has 7 heteroatoms. The Bertz CT molecular complexity index is 902. The Balaban J connectivity index is 1.25. The molecule has 0 aliphatic carbocycles. The summed E-state index contributed by atoms with van der Waals surface area (Å²) in [6.45, 7) is 3.28. The summed E-state index contributed by atoms with van der Waals surface area (Å²) in [4.78, 5) is 2.19. The molecule has 2 heterocycles. The van der Waals surface area contributed by atoms with Crippen LogP contribution < -0.4 is 9.47 Å². The van der Waals surface area contributed by atoms with Crippen molar-refractivity contribution in [2.45, 2.75) is 25.3 Å². The van der Waals surface area contributed by atoms with E-state index >= 15 is 0 Å². The fraction of sp³-hybridized carbons (Fsp3) is 0.318. The Hall–Kier alpha value is -2.54. The molecular weight excluding hydrogens is 390 g/mol. The van der Waals surface area contributed by atoms with Crippen LogP contribution in [0.2, 0.25) is 5.02 Å². The average molecular weight is 414 g/mol. The van der Waals surface area contributed by atoms with E-state index in [1.807, 2.05) is 41.2 Å². The van der Waals surface area contributed by atoms with Gasteiger partial charge >= 0.3 is 0 Å². The van der Waals surface area contributed by atoms with Gasteiger partial charge in [0, 0.05) is 37.1 Å². The molecule has 1 aromatic heterocycles. The third-order valence-corrected chi connectivity index (χ3v) is 5.11. The quantitative estimate of drug-likeness (QED) is 0.614. The van der Waals surface area contributed by atoms with Crippen molar-refractivity contribution in [2.24, 2.45) is 0 Å². The maximum Gasteiger partial charge on any atom is 0.138 e. The minimum Gasteiger partial charge on any atom is -0.492 e. The van der Waals surface area contributed by atoms with Gasteiger partial charge in [0.15, 0.2) is 0 Å². The molecule has 0 radical (unpaired) electrons. The summed E-state index contributed by atoms with van der Waals surface area (Å²) in [7, 11) is 0. The van der Waals surface area contributed by atoms with Crippen molar-refractivity contribution in [1.82, 2.24) is 14.7 Å². The highest BCUT2D eigenvalue weighted by Gasteiger charge is 2.32. The van der Waals surface area contributed by atoms with E-state index in [4.69, 9.17) is 21.1 Å². The Morgan fingerprint density at radius 3 is 2.69 bits per heavy atom. The van der Waals surface area contributed by atoms with Crippen LogP contribution >= 0.6 is 11.6 Å². The number of aliphatic hydroxyl groups excluding tert-OH is 1. The predicted octanol–water partition coefficient (Wildman–Crippen LogP) is 3.24. The summed E-state index contributed by atoms with van der Waals surface area (Å²) < 4.78 is 13.5. The van der Waals surface area contributed by atoms with Crippen LogP contribution in [0.4, 0.5) is 0 Å². The van der Waals surface area contributed by atoms with E-state index in [0.29, 0.717) is 37.0 Å². The number of ether oxygens (including phenoxy) is 2. The number of hydrogen-bond donors (Lipinski definition) is 1. The first-order valence-electron chi connectivity index (χ1n) is 9.67. The lowest BCUT2D eigenvalue weighted by molar-refractivity contribution is 0.0737. The minimum absolute atomic E-state index is 0.265. The number of β-amino-alcohol motifs (C(OH)–C–C–N with tert-alkyl or cyclic N) is 1. The Kier molecular flexibility index (Phi) is 6.34. The highest BCUT2D eigenvalue weighted by Crippen LogP contribution is 2.23. The Morgan fingerprint density at radius 1 is 1.07 bits per heavy atom. The molecule has 2 atom stereocenters. The Morgan fingerprint density at radius 2 is 1.93 bits per heavy atom. The van der Waals surface area contributed by atoms with Gasteiger partial charge in [-0.3, -0.25) is 9.58 Å². The van der Waals surface area contributed by atoms with Crippen LogP contribution in [0, 0.1) is 0 Å². The van der Waals surface area contributed by atoms with Gasteiger partial charge in [0.05, 0.1) is 6.54 Å². The standard InChI is InChI=1S/C22H24ClN3O3/c23-18-3-1-4-20(13-18)29-22-16-25(15-21(22)27)14-17-5-7-19(8-6-17)28-12-11-26-10-2-9-24-26/h1-10,13,21-22,27H,11-12,14-16H2/t21-,22-/m0/s1. The number of aromatic nitrogens is 2. The highest BCUT2D eigenvalue weighted by atomic mass is 35.5. The van der Waals surface area contributed by atoms with Gasteiger partial charge in [-0.1, -0.05) is 29.8 Å². The van der Waals surface area contributed by atoms with E-state index in [2.05, 4.69) is 22.1 Å². The summed E-state index contributed by atoms with van der Waals surface area (Å²) >= 11 is 6.01. The molecule has 2 aromatic carbocycles. The van der Waals surface area contributed by atoms with Gasteiger partial charge in [-0.25, -0.2) is 0 Å². The van der Waals surface area contributed by atoms with E-state index in [9.17, 15) is 5.11 Å². The number of benzene rings is 2. The molecule has 1 fully saturated rings. The molecule has 152 valence electrons. The zero-order valence-electron chi connectivity index (χ0n) is 16.0. The number of nitrogens with zero attached hydrogens (tertiary/aromatic N) is 3. The van der Waals surface area contributed by atoms with Crippen molar-refractivity contribution in [3.8, 4) is 11.5 Å². The zero-order valence-corrected chi connectivity index (χ0v) is 16.8. The molecule has 0 amide bonds. The topological polar surface area (TPSA) is 59.8 Å². The second-order valence-electron chi connectivity index (χ2n) is 7.14. The molecule has 0 spiro atoms. The number of halogens is 1. The second-order valence-corrected chi connectivity index (χ2v) is 7.57. The number of likely N-dealkylation sites (tertiary alicyclic amines) is 1. The van der Waals surface area contributed by atoms with Crippen LogP contribution in [-0.4, -0.2) is 51.7 Å². The van der Waals surface area contributed by atoms with E-state index in [1.54, 1.807) is 18.3 Å². The van der Waals surface area contributed by atoms with Crippen molar-refractivity contribution in [3.63, 3.8) is 0 Å². The van der Waals surface area contributed by atoms with Gasteiger partial charge in [-0.05, 0) is 42.0 Å². The lowest BCUT2D eigenvalue weighted by Gasteiger charge is -2.17. The van der Waals surface area contributed by atoms with Crippen LogP contribution in [0.3, 0.4) is 0 Å². The number of aliphatic hydroxyl groups is 1. The van der Waals surface area contributed by atoms with Crippen molar-refractivity contribution in [3.05, 3.63) is 77.6 Å². The fourth-order valence-electron chi connectivity index (χ4n) is 3.43. The molecule has 1 saturated heterocycles. The molecule has 1 aliphatic rings. The van der Waals surface area contributed by atoms with Crippen LogP contribution in [-0.2, 0) is 13.1 Å². The number of hydrogen-bond acceptors (Lipinski definition) is 5. The van der Waals surface area contributed by atoms with Crippen molar-refractivity contribution >= 4 is 11.6 Å². The summed E-state index contributed by atoms with van der Waals surface area (Å²) in [5, 5.41) is 15.1. The lowest BCUT2D eigenvalue weighted by atomic mass is 10.2. The van der Waals surface area contributed by atoms with Crippen LogP contribution in [0.25, 0.3) is 0 Å². The number of rotatable bonds is 8. The molecule has 0 bridgehead atoms. The summed E-state index contributed by atoms with van der Waals surface area (Å²) in [6, 6.07) is 17.2. The molecule has 0 saturated carbocycles. The summed E-state index contributed by atoms with van der Waals surface area (Å²) in [5.74, 6) is 1.52. The fourth-order valence-corrected chi connectivity index (χ4v) is 3.61. The van der Waals surface area contributed by atoms with Gasteiger partial charge in [0.1, 0.15) is 30.3 Å². The second kappa shape index (κ2) is 9.31. The first kappa shape index (κ1) is 19.8. The maximum atomic E-state index is 10.4. The maximum absolute atomic E-state index is 10.4. The monoisotopic (exact) mass is 413 g/mol. The smallest absolute Gasteiger partial charge is 0.138 e. The van der Waals surface area contributed by atoms with Crippen LogP contribution in [0.1, 0.15) is 5.56 Å². The van der Waals surface area contributed by atoms with Crippen LogP contribution in [0.5, 0.6) is 11.5 Å². The molecule has 29 heavy (non-hydrogen) atoms. The average Bonchev–Trinajstić information content (AvgIpc) is 3.33. The molecule has 1 aliphatic heterocycles. The van der Waals surface area contributed by atoms with Crippen molar-refractivity contribution < 1.29 is 14.6 Å². The molecular formula is C22H24ClN3O3. The largest absolute Gasteiger partial charge is 0.492 e. The van der Waals surface area contributed by atoms with E-state index in [0.717, 1.165) is 12.3 Å². The third kappa shape index (κ3) is 5.50. The normalized spacial score (nSPS) is 19.4. The SMILES string of the molecule is O[C@H]1CN(Cc2ccc(OCCn3cccn3)cc2)C[C@@H]1Oc1cccc(Cl)c1. The van der Waals surface area contributed by atoms with E-state index in [-0.39, 0.29) is 6.10 Å². The van der Waals surface area contributed by atoms with Gasteiger partial charge in [0.25, 0.3) is 0 Å². The first-order chi connectivity index (χ1) is 14.2. The zero-order chi connectivity index (χ0) is 20.1. The molecule has 0 unspecified atom stereocenters. The predicted molar refractivity (Wildman–Crippen MR) is 111 cm³/mol. The third-order valence-electron chi connectivity index (χ3n) is 4.87. The minimum atomic E-state index is -0.529. The van der Waals surface area contributed by atoms with Gasteiger partial charge in [-0.15, -0.1) is 0 Å². The summed E-state index contributed by atoms with van der Waals surface area (Å²) in [6.07, 6.45) is 2.88.